The Morgan fingerprint density at radius 1 is 1.05 bits per heavy atom. The average molecular weight is 410 g/mol. The summed E-state index contributed by atoms with van der Waals surface area (Å²) in [6, 6.07) is 16.4. The van der Waals surface area contributed by atoms with Crippen LogP contribution in [-0.2, 0) is 17.9 Å². The van der Waals surface area contributed by atoms with Crippen molar-refractivity contribution in [1.82, 2.24) is 0 Å². The summed E-state index contributed by atoms with van der Waals surface area (Å²) < 4.78 is 4.90. The van der Waals surface area contributed by atoms with Crippen molar-refractivity contribution in [1.29, 1.82) is 0 Å². The Morgan fingerprint density at radius 3 is 2.29 bits per heavy atom. The van der Waals surface area contributed by atoms with Crippen LogP contribution in [0.4, 0.5) is 0 Å². The molecule has 2 aromatic rings. The summed E-state index contributed by atoms with van der Waals surface area (Å²) in [6.45, 7) is 4.17. The van der Waals surface area contributed by atoms with Crippen molar-refractivity contribution in [2.45, 2.75) is 20.0 Å². The fraction of sp³-hybridized carbons (Fsp3) is 0.176. The van der Waals surface area contributed by atoms with E-state index in [1.54, 1.807) is 0 Å². The molecule has 0 radical (unpaired) electrons. The van der Waals surface area contributed by atoms with Gasteiger partial charge in [-0.15, -0.1) is 0 Å². The first kappa shape index (κ1) is 16.7. The third-order valence-electron chi connectivity index (χ3n) is 3.15. The molecule has 21 heavy (non-hydrogen) atoms. The number of para-hydroxylation sites is 1. The topological polar surface area (TPSA) is 2.70 Å². The van der Waals surface area contributed by atoms with Crippen molar-refractivity contribution < 1.29 is 17.9 Å². The van der Waals surface area contributed by atoms with E-state index in [2.05, 4.69) is 43.5 Å². The molecule has 1 nitrogen and oxygen atoms in total. The molecular weight excluding hydrogens is 392 g/mol. The summed E-state index contributed by atoms with van der Waals surface area (Å²) in [6.07, 6.45) is 0.202. The molecule has 0 aliphatic heterocycles. The zero-order chi connectivity index (χ0) is 15.4. The van der Waals surface area contributed by atoms with E-state index in [-0.39, 0.29) is 6.10 Å². The van der Waals surface area contributed by atoms with E-state index in [1.165, 1.54) is 0 Å². The number of rotatable bonds is 4. The van der Waals surface area contributed by atoms with Crippen LogP contribution in [0.15, 0.2) is 48.5 Å². The van der Waals surface area contributed by atoms with Gasteiger partial charge in [0.1, 0.15) is 0 Å². The quantitative estimate of drug-likeness (QED) is 0.336. The summed E-state index contributed by atoms with van der Waals surface area (Å²) in [5.74, 6) is 0.999. The monoisotopic (exact) mass is 410 g/mol. The first-order chi connectivity index (χ1) is 10.0. The molecule has 2 aromatic carbocycles. The fourth-order valence-electron chi connectivity index (χ4n) is 2.09. The van der Waals surface area contributed by atoms with Gasteiger partial charge in [0.25, 0.3) is 0 Å². The van der Waals surface area contributed by atoms with Crippen LogP contribution < -0.4 is 0 Å². The fourth-order valence-corrected chi connectivity index (χ4v) is 3.88. The SMILES string of the molecule is [CH2-][O+](c1c([CH]=[Ru]([Cl])[Cl])cccc1-c1ccccc1)C(C)C. The maximum atomic E-state index is 6.07. The molecule has 0 heterocycles. The Bertz CT molecular complexity index is 634. The van der Waals surface area contributed by atoms with E-state index in [0.29, 0.717) is 0 Å². The van der Waals surface area contributed by atoms with Crippen LogP contribution in [0.2, 0.25) is 0 Å². The van der Waals surface area contributed by atoms with Crippen LogP contribution in [0.3, 0.4) is 0 Å². The zero-order valence-corrected chi connectivity index (χ0v) is 15.2. The van der Waals surface area contributed by atoms with Crippen LogP contribution in [-0.4, -0.2) is 10.7 Å². The van der Waals surface area contributed by atoms with Gasteiger partial charge in [0.2, 0.25) is 0 Å². The third-order valence-corrected chi connectivity index (χ3v) is 4.98. The van der Waals surface area contributed by atoms with Gasteiger partial charge < -0.3 is 0 Å². The molecular formula is C17H18Cl2ORu. The van der Waals surface area contributed by atoms with Crippen molar-refractivity contribution >= 4 is 24.0 Å². The predicted octanol–water partition coefficient (Wildman–Crippen LogP) is 5.90. The Hall–Kier alpha value is -0.687. The van der Waals surface area contributed by atoms with Gasteiger partial charge in [0.15, 0.2) is 0 Å². The van der Waals surface area contributed by atoms with E-state index < -0.39 is 13.5 Å². The first-order valence-corrected chi connectivity index (χ1v) is 12.0. The van der Waals surface area contributed by atoms with E-state index in [1.807, 2.05) is 34.9 Å². The summed E-state index contributed by atoms with van der Waals surface area (Å²) in [5.41, 5.74) is 3.28. The molecule has 0 aliphatic carbocycles. The van der Waals surface area contributed by atoms with Crippen LogP contribution in [0.25, 0.3) is 11.1 Å². The molecule has 0 spiro atoms. The van der Waals surface area contributed by atoms with Crippen molar-refractivity contribution in [2.75, 3.05) is 0 Å². The molecule has 114 valence electrons. The van der Waals surface area contributed by atoms with E-state index in [4.69, 9.17) is 19.4 Å². The number of halogens is 2. The minimum atomic E-state index is -1.90. The van der Waals surface area contributed by atoms with Gasteiger partial charge in [-0.05, 0) is 0 Å². The molecule has 0 aromatic heterocycles. The Balaban J connectivity index is 2.68. The van der Waals surface area contributed by atoms with Gasteiger partial charge in [-0.25, -0.2) is 0 Å². The number of hydrogen-bond acceptors (Lipinski definition) is 0. The maximum absolute atomic E-state index is 6.07. The van der Waals surface area contributed by atoms with Gasteiger partial charge in [0, 0.05) is 0 Å². The second-order valence-corrected chi connectivity index (χ2v) is 10.6. The average Bonchev–Trinajstić information content (AvgIpc) is 2.46. The van der Waals surface area contributed by atoms with Crippen LogP contribution in [0.5, 0.6) is 5.75 Å². The van der Waals surface area contributed by atoms with Gasteiger partial charge >= 0.3 is 140 Å². The number of hydrogen-bond donors (Lipinski definition) is 0. The van der Waals surface area contributed by atoms with Gasteiger partial charge in [-0.1, -0.05) is 0 Å². The molecule has 0 aliphatic rings. The van der Waals surface area contributed by atoms with Gasteiger partial charge in [-0.2, -0.15) is 0 Å². The second-order valence-electron chi connectivity index (χ2n) is 4.87. The molecule has 0 fully saturated rings. The second kappa shape index (κ2) is 7.54. The molecule has 4 heteroatoms. The molecule has 0 amide bonds. The van der Waals surface area contributed by atoms with Crippen molar-refractivity contribution in [2.24, 2.45) is 0 Å². The van der Waals surface area contributed by atoms with E-state index >= 15 is 0 Å². The predicted molar refractivity (Wildman–Crippen MR) is 89.8 cm³/mol. The molecule has 0 unspecified atom stereocenters. The van der Waals surface area contributed by atoms with Crippen molar-refractivity contribution in [3.05, 3.63) is 61.2 Å². The molecule has 0 N–H and O–H groups in total. The molecule has 0 saturated heterocycles. The van der Waals surface area contributed by atoms with Gasteiger partial charge in [-0.3, -0.25) is 0 Å². The number of benzene rings is 2. The van der Waals surface area contributed by atoms with E-state index in [9.17, 15) is 0 Å². The van der Waals surface area contributed by atoms with Crippen LogP contribution in [0, 0.1) is 7.11 Å². The molecule has 0 bridgehead atoms. The molecule has 0 atom stereocenters. The summed E-state index contributed by atoms with van der Waals surface area (Å²) in [4.78, 5) is 0. The van der Waals surface area contributed by atoms with Crippen LogP contribution >= 0.6 is 19.4 Å². The normalized spacial score (nSPS) is 11.4. The third kappa shape index (κ3) is 4.16. The Kier molecular flexibility index (Phi) is 5.99. The van der Waals surface area contributed by atoms with Crippen molar-refractivity contribution in [3.8, 4) is 16.9 Å². The first-order valence-electron chi connectivity index (χ1n) is 6.55. The zero-order valence-electron chi connectivity index (χ0n) is 12.0. The Morgan fingerprint density at radius 2 is 1.71 bits per heavy atom. The summed E-state index contributed by atoms with van der Waals surface area (Å²) >= 11 is -1.90. The minimum absolute atomic E-state index is 0.202. The van der Waals surface area contributed by atoms with Crippen LogP contribution in [0.1, 0.15) is 19.4 Å². The van der Waals surface area contributed by atoms with E-state index in [0.717, 1.165) is 22.4 Å². The summed E-state index contributed by atoms with van der Waals surface area (Å²) in [5, 5.41) is 0. The van der Waals surface area contributed by atoms with Gasteiger partial charge in [0.05, 0.1) is 0 Å². The molecule has 0 saturated carbocycles. The van der Waals surface area contributed by atoms with Crippen molar-refractivity contribution in [3.63, 3.8) is 0 Å². The standard InChI is InChI=1S/C17H18O.2ClH.Ru/c1-13(2)18(4)17-14(3)9-8-12-16(17)15-10-6-5-7-11-15;;;/h3,5-13H,4H2,1-2H3;2*1H;/q;;;+2/p-2. The Labute approximate surface area is 139 Å². The summed E-state index contributed by atoms with van der Waals surface area (Å²) in [7, 11) is 16.3. The molecule has 2 rings (SSSR count).